The first-order valence-electron chi connectivity index (χ1n) is 7.75. The highest BCUT2D eigenvalue weighted by atomic mass is 15.3. The maximum atomic E-state index is 4.40. The Morgan fingerprint density at radius 1 is 1.18 bits per heavy atom. The number of rotatable bonds is 6. The van der Waals surface area contributed by atoms with Gasteiger partial charge in [-0.2, -0.15) is 0 Å². The predicted molar refractivity (Wildman–Crippen MR) is 86.4 cm³/mol. The average Bonchev–Trinajstić information content (AvgIpc) is 2.99. The zero-order valence-electron chi connectivity index (χ0n) is 13.0. The molecule has 0 unspecified atom stereocenters. The van der Waals surface area contributed by atoms with Crippen LogP contribution in [0.2, 0.25) is 0 Å². The van der Waals surface area contributed by atoms with E-state index in [9.17, 15) is 0 Å². The Morgan fingerprint density at radius 3 is 2.86 bits per heavy atom. The molecule has 0 aliphatic carbocycles. The van der Waals surface area contributed by atoms with Crippen LogP contribution in [0.3, 0.4) is 0 Å². The molecule has 0 aliphatic heterocycles. The van der Waals surface area contributed by atoms with Crippen molar-refractivity contribution in [3.8, 4) is 0 Å². The van der Waals surface area contributed by atoms with Crippen LogP contribution in [0, 0.1) is 0 Å². The lowest BCUT2D eigenvalue weighted by molar-refractivity contribution is 0.419. The number of pyridine rings is 2. The van der Waals surface area contributed by atoms with E-state index in [-0.39, 0.29) is 12.1 Å². The van der Waals surface area contributed by atoms with Crippen molar-refractivity contribution in [2.45, 2.75) is 38.8 Å². The molecule has 0 aromatic carbocycles. The van der Waals surface area contributed by atoms with Gasteiger partial charge in [0.1, 0.15) is 0 Å². The second-order valence-corrected chi connectivity index (χ2v) is 5.50. The SMILES string of the molecule is CCC[C@H](N[C@@H](C)c1cccnc1)c1nnc2ccccn12. The van der Waals surface area contributed by atoms with Gasteiger partial charge in [0.15, 0.2) is 11.5 Å². The highest BCUT2D eigenvalue weighted by Gasteiger charge is 2.19. The molecular formula is C17H21N5. The van der Waals surface area contributed by atoms with Crippen molar-refractivity contribution in [1.29, 1.82) is 0 Å². The van der Waals surface area contributed by atoms with Crippen LogP contribution in [0.5, 0.6) is 0 Å². The first-order chi connectivity index (χ1) is 10.8. The predicted octanol–water partition coefficient (Wildman–Crippen LogP) is 3.32. The molecule has 0 amide bonds. The molecule has 0 fully saturated rings. The van der Waals surface area contributed by atoms with E-state index in [0.29, 0.717) is 0 Å². The molecule has 22 heavy (non-hydrogen) atoms. The lowest BCUT2D eigenvalue weighted by Crippen LogP contribution is -2.26. The normalized spacial score (nSPS) is 14.1. The molecule has 5 nitrogen and oxygen atoms in total. The lowest BCUT2D eigenvalue weighted by atomic mass is 10.1. The summed E-state index contributed by atoms with van der Waals surface area (Å²) in [6.07, 6.45) is 7.82. The van der Waals surface area contributed by atoms with Crippen molar-refractivity contribution in [2.24, 2.45) is 0 Å². The number of hydrogen-bond donors (Lipinski definition) is 1. The van der Waals surface area contributed by atoms with Gasteiger partial charge in [-0.25, -0.2) is 0 Å². The molecule has 0 bridgehead atoms. The summed E-state index contributed by atoms with van der Waals surface area (Å²) in [5.74, 6) is 0.966. The molecule has 3 aromatic rings. The van der Waals surface area contributed by atoms with Crippen LogP contribution in [0.15, 0.2) is 48.9 Å². The number of nitrogens with zero attached hydrogens (tertiary/aromatic N) is 4. The number of fused-ring (bicyclic) bond motifs is 1. The van der Waals surface area contributed by atoms with E-state index in [2.05, 4.69) is 44.8 Å². The Kier molecular flexibility index (Phi) is 4.44. The average molecular weight is 295 g/mol. The third-order valence-electron chi connectivity index (χ3n) is 3.86. The summed E-state index contributed by atoms with van der Waals surface area (Å²) in [7, 11) is 0. The minimum Gasteiger partial charge on any atom is -0.301 e. The molecule has 3 heterocycles. The summed E-state index contributed by atoms with van der Waals surface area (Å²) in [6.45, 7) is 4.34. The summed E-state index contributed by atoms with van der Waals surface area (Å²) >= 11 is 0. The second kappa shape index (κ2) is 6.66. The van der Waals surface area contributed by atoms with Crippen molar-refractivity contribution in [3.05, 3.63) is 60.3 Å². The second-order valence-electron chi connectivity index (χ2n) is 5.50. The zero-order chi connectivity index (χ0) is 15.4. The molecule has 114 valence electrons. The van der Waals surface area contributed by atoms with Gasteiger partial charge in [-0.3, -0.25) is 9.38 Å². The number of nitrogens with one attached hydrogen (secondary N) is 1. The van der Waals surface area contributed by atoms with Gasteiger partial charge in [-0.1, -0.05) is 25.5 Å². The first-order valence-corrected chi connectivity index (χ1v) is 7.75. The van der Waals surface area contributed by atoms with E-state index in [1.807, 2.05) is 36.7 Å². The molecule has 1 N–H and O–H groups in total. The van der Waals surface area contributed by atoms with Crippen molar-refractivity contribution >= 4 is 5.65 Å². The van der Waals surface area contributed by atoms with Crippen molar-refractivity contribution in [1.82, 2.24) is 24.9 Å². The van der Waals surface area contributed by atoms with Gasteiger partial charge >= 0.3 is 0 Å². The highest BCUT2D eigenvalue weighted by molar-refractivity contribution is 5.37. The molecule has 0 saturated heterocycles. The number of hydrogen-bond acceptors (Lipinski definition) is 4. The first kappa shape index (κ1) is 14.7. The van der Waals surface area contributed by atoms with Gasteiger partial charge in [0.2, 0.25) is 0 Å². The van der Waals surface area contributed by atoms with E-state index in [1.165, 1.54) is 5.56 Å². The lowest BCUT2D eigenvalue weighted by Gasteiger charge is -2.22. The van der Waals surface area contributed by atoms with E-state index < -0.39 is 0 Å². The fraction of sp³-hybridized carbons (Fsp3) is 0.353. The molecule has 0 spiro atoms. The minimum absolute atomic E-state index is 0.164. The van der Waals surface area contributed by atoms with Gasteiger partial charge < -0.3 is 5.32 Å². The molecule has 3 aromatic heterocycles. The van der Waals surface area contributed by atoms with Crippen LogP contribution in [0.1, 0.15) is 50.2 Å². The number of aromatic nitrogens is 4. The Bertz CT molecular complexity index is 722. The van der Waals surface area contributed by atoms with Crippen LogP contribution in [-0.4, -0.2) is 19.6 Å². The zero-order valence-corrected chi connectivity index (χ0v) is 13.0. The van der Waals surface area contributed by atoms with Crippen LogP contribution in [0.25, 0.3) is 5.65 Å². The van der Waals surface area contributed by atoms with E-state index >= 15 is 0 Å². The maximum absolute atomic E-state index is 4.40. The molecule has 2 atom stereocenters. The van der Waals surface area contributed by atoms with E-state index in [1.54, 1.807) is 6.20 Å². The van der Waals surface area contributed by atoms with Crippen molar-refractivity contribution in [3.63, 3.8) is 0 Å². The molecule has 0 radical (unpaired) electrons. The largest absolute Gasteiger partial charge is 0.301 e. The highest BCUT2D eigenvalue weighted by Crippen LogP contribution is 2.22. The fourth-order valence-corrected chi connectivity index (χ4v) is 2.70. The van der Waals surface area contributed by atoms with Gasteiger partial charge in [-0.15, -0.1) is 10.2 Å². The fourth-order valence-electron chi connectivity index (χ4n) is 2.70. The summed E-state index contributed by atoms with van der Waals surface area (Å²) in [4.78, 5) is 4.20. The molecule has 0 saturated carbocycles. The molecule has 0 aliphatic rings. The Morgan fingerprint density at radius 2 is 2.09 bits per heavy atom. The summed E-state index contributed by atoms with van der Waals surface area (Å²) in [6, 6.07) is 10.4. The van der Waals surface area contributed by atoms with E-state index in [4.69, 9.17) is 0 Å². The summed E-state index contributed by atoms with van der Waals surface area (Å²) in [5.41, 5.74) is 2.06. The Labute approximate surface area is 130 Å². The third-order valence-corrected chi connectivity index (χ3v) is 3.86. The topological polar surface area (TPSA) is 55.1 Å². The van der Waals surface area contributed by atoms with E-state index in [0.717, 1.165) is 24.3 Å². The Balaban J connectivity index is 1.86. The Hall–Kier alpha value is -2.27. The maximum Gasteiger partial charge on any atom is 0.160 e. The monoisotopic (exact) mass is 295 g/mol. The van der Waals surface area contributed by atoms with Crippen molar-refractivity contribution < 1.29 is 0 Å². The third kappa shape index (κ3) is 2.99. The van der Waals surface area contributed by atoms with Crippen LogP contribution in [-0.2, 0) is 0 Å². The van der Waals surface area contributed by atoms with Gasteiger partial charge in [0.25, 0.3) is 0 Å². The van der Waals surface area contributed by atoms with Gasteiger partial charge in [0.05, 0.1) is 6.04 Å². The molecular weight excluding hydrogens is 274 g/mol. The minimum atomic E-state index is 0.164. The molecule has 3 rings (SSSR count). The summed E-state index contributed by atoms with van der Waals surface area (Å²) < 4.78 is 2.06. The van der Waals surface area contributed by atoms with Crippen molar-refractivity contribution in [2.75, 3.05) is 0 Å². The quantitative estimate of drug-likeness (QED) is 0.758. The smallest absolute Gasteiger partial charge is 0.160 e. The van der Waals surface area contributed by atoms with Crippen LogP contribution >= 0.6 is 0 Å². The standard InChI is InChI=1S/C17H21N5/c1-3-7-15(19-13(2)14-8-6-10-18-12-14)17-21-20-16-9-4-5-11-22(16)17/h4-6,8-13,15,19H,3,7H2,1-2H3/t13-,15-/m0/s1. The van der Waals surface area contributed by atoms with Gasteiger partial charge in [0, 0.05) is 24.6 Å². The molecule has 5 heteroatoms. The van der Waals surface area contributed by atoms with Crippen LogP contribution < -0.4 is 5.32 Å². The van der Waals surface area contributed by atoms with Crippen LogP contribution in [0.4, 0.5) is 0 Å². The summed E-state index contributed by atoms with van der Waals surface area (Å²) in [5, 5.41) is 12.3. The van der Waals surface area contributed by atoms with Gasteiger partial charge in [-0.05, 0) is 37.1 Å².